The van der Waals surface area contributed by atoms with Gasteiger partial charge in [0.2, 0.25) is 0 Å². The average Bonchev–Trinajstić information content (AvgIpc) is 2.91. The molecule has 1 saturated heterocycles. The molecule has 3 heterocycles. The molecule has 23 heavy (non-hydrogen) atoms. The molecule has 0 bridgehead atoms. The summed E-state index contributed by atoms with van der Waals surface area (Å²) in [6.07, 6.45) is 3.63. The van der Waals surface area contributed by atoms with E-state index < -0.39 is 0 Å². The number of nitrogens with one attached hydrogen (secondary N) is 1. The molecule has 0 atom stereocenters. The van der Waals surface area contributed by atoms with Crippen LogP contribution in [0.5, 0.6) is 0 Å². The van der Waals surface area contributed by atoms with Crippen molar-refractivity contribution < 1.29 is 4.74 Å². The van der Waals surface area contributed by atoms with Crippen LogP contribution in [0.1, 0.15) is 31.0 Å². The average molecular weight is 315 g/mol. The molecule has 0 spiro atoms. The van der Waals surface area contributed by atoms with Crippen molar-refractivity contribution in [1.29, 1.82) is 0 Å². The third kappa shape index (κ3) is 3.47. The highest BCUT2D eigenvalue weighted by atomic mass is 16.5. The Morgan fingerprint density at radius 3 is 2.74 bits per heavy atom. The zero-order valence-corrected chi connectivity index (χ0v) is 14.1. The van der Waals surface area contributed by atoms with Gasteiger partial charge in [0.15, 0.2) is 0 Å². The van der Waals surface area contributed by atoms with Crippen molar-refractivity contribution in [3.63, 3.8) is 0 Å². The van der Waals surface area contributed by atoms with Gasteiger partial charge in [0.1, 0.15) is 5.82 Å². The van der Waals surface area contributed by atoms with E-state index in [2.05, 4.69) is 29.0 Å². The maximum atomic E-state index is 5.49. The van der Waals surface area contributed by atoms with Crippen LogP contribution in [0.3, 0.4) is 0 Å². The quantitative estimate of drug-likeness (QED) is 0.918. The molecule has 6 heteroatoms. The Morgan fingerprint density at radius 2 is 2.09 bits per heavy atom. The minimum atomic E-state index is 0.390. The van der Waals surface area contributed by atoms with Crippen LogP contribution in [-0.4, -0.2) is 41.1 Å². The zero-order valence-electron chi connectivity index (χ0n) is 14.1. The standard InChI is InChI=1S/C17H25N5O/c1-13(2)16-15(12-19-14-5-4-6-18-11-14)17(21(3)20-16)22-7-9-23-10-8-22/h4-6,11,13,19H,7-10,12H2,1-3H3. The van der Waals surface area contributed by atoms with E-state index in [0.717, 1.165) is 44.2 Å². The van der Waals surface area contributed by atoms with E-state index in [4.69, 9.17) is 9.84 Å². The van der Waals surface area contributed by atoms with Crippen molar-refractivity contribution in [2.45, 2.75) is 26.3 Å². The molecule has 1 aliphatic rings. The number of aryl methyl sites for hydroxylation is 1. The number of morpholine rings is 1. The molecule has 2 aromatic heterocycles. The molecule has 1 N–H and O–H groups in total. The van der Waals surface area contributed by atoms with Crippen molar-refractivity contribution in [3.8, 4) is 0 Å². The number of aromatic nitrogens is 3. The van der Waals surface area contributed by atoms with Gasteiger partial charge in [-0.1, -0.05) is 13.8 Å². The molecule has 0 aromatic carbocycles. The van der Waals surface area contributed by atoms with Gasteiger partial charge in [0.05, 0.1) is 24.6 Å². The topological polar surface area (TPSA) is 55.2 Å². The molecule has 2 aromatic rings. The smallest absolute Gasteiger partial charge is 0.132 e. The molecule has 0 amide bonds. The Labute approximate surface area is 137 Å². The summed E-state index contributed by atoms with van der Waals surface area (Å²) >= 11 is 0. The fourth-order valence-corrected chi connectivity index (χ4v) is 3.04. The number of rotatable bonds is 5. The van der Waals surface area contributed by atoms with E-state index in [1.807, 2.05) is 30.1 Å². The van der Waals surface area contributed by atoms with Gasteiger partial charge in [-0.25, -0.2) is 0 Å². The first-order valence-electron chi connectivity index (χ1n) is 8.19. The van der Waals surface area contributed by atoms with E-state index >= 15 is 0 Å². The van der Waals surface area contributed by atoms with E-state index in [9.17, 15) is 0 Å². The minimum Gasteiger partial charge on any atom is -0.380 e. The van der Waals surface area contributed by atoms with Crippen LogP contribution in [0.4, 0.5) is 11.5 Å². The van der Waals surface area contributed by atoms with Crippen LogP contribution in [0, 0.1) is 0 Å². The summed E-state index contributed by atoms with van der Waals surface area (Å²) in [4.78, 5) is 6.54. The molecule has 124 valence electrons. The number of anilines is 2. The first kappa shape index (κ1) is 15.8. The molecule has 1 aliphatic heterocycles. The zero-order chi connectivity index (χ0) is 16.2. The predicted octanol–water partition coefficient (Wildman–Crippen LogP) is 2.39. The molecular weight excluding hydrogens is 290 g/mol. The Morgan fingerprint density at radius 1 is 1.30 bits per heavy atom. The molecule has 0 aliphatic carbocycles. The number of pyridine rings is 1. The van der Waals surface area contributed by atoms with Crippen LogP contribution in [-0.2, 0) is 18.3 Å². The van der Waals surface area contributed by atoms with Crippen LogP contribution >= 0.6 is 0 Å². The molecule has 1 fully saturated rings. The third-order valence-corrected chi connectivity index (χ3v) is 4.13. The van der Waals surface area contributed by atoms with Gasteiger partial charge in [-0.15, -0.1) is 0 Å². The third-order valence-electron chi connectivity index (χ3n) is 4.13. The van der Waals surface area contributed by atoms with Gasteiger partial charge in [-0.05, 0) is 18.1 Å². The van der Waals surface area contributed by atoms with Crippen molar-refractivity contribution in [3.05, 3.63) is 35.8 Å². The molecular formula is C17H25N5O. The van der Waals surface area contributed by atoms with Gasteiger partial charge in [0, 0.05) is 44.6 Å². The Balaban J connectivity index is 1.88. The van der Waals surface area contributed by atoms with Crippen LogP contribution < -0.4 is 10.2 Å². The maximum absolute atomic E-state index is 5.49. The first-order chi connectivity index (χ1) is 11.2. The highest BCUT2D eigenvalue weighted by Crippen LogP contribution is 2.29. The molecule has 0 unspecified atom stereocenters. The summed E-state index contributed by atoms with van der Waals surface area (Å²) < 4.78 is 7.50. The summed E-state index contributed by atoms with van der Waals surface area (Å²) in [5.41, 5.74) is 3.46. The second-order valence-corrected chi connectivity index (χ2v) is 6.16. The number of hydrogen-bond acceptors (Lipinski definition) is 5. The SMILES string of the molecule is CC(C)c1nn(C)c(N2CCOCC2)c1CNc1cccnc1. The number of hydrogen-bond donors (Lipinski definition) is 1. The molecule has 6 nitrogen and oxygen atoms in total. The van der Waals surface area contributed by atoms with Gasteiger partial charge < -0.3 is 15.0 Å². The fraction of sp³-hybridized carbons (Fsp3) is 0.529. The first-order valence-corrected chi connectivity index (χ1v) is 8.19. The lowest BCUT2D eigenvalue weighted by molar-refractivity contribution is 0.122. The summed E-state index contributed by atoms with van der Waals surface area (Å²) in [6.45, 7) is 8.51. The lowest BCUT2D eigenvalue weighted by Gasteiger charge is -2.29. The fourth-order valence-electron chi connectivity index (χ4n) is 3.04. The van der Waals surface area contributed by atoms with Crippen LogP contribution in [0.2, 0.25) is 0 Å². The monoisotopic (exact) mass is 315 g/mol. The largest absolute Gasteiger partial charge is 0.380 e. The number of nitrogens with zero attached hydrogens (tertiary/aromatic N) is 4. The van der Waals surface area contributed by atoms with Crippen molar-refractivity contribution >= 4 is 11.5 Å². The molecule has 0 saturated carbocycles. The second-order valence-electron chi connectivity index (χ2n) is 6.16. The predicted molar refractivity (Wildman–Crippen MR) is 91.9 cm³/mol. The second kappa shape index (κ2) is 7.00. The van der Waals surface area contributed by atoms with Crippen molar-refractivity contribution in [1.82, 2.24) is 14.8 Å². The van der Waals surface area contributed by atoms with Crippen molar-refractivity contribution in [2.24, 2.45) is 7.05 Å². The summed E-state index contributed by atoms with van der Waals surface area (Å²) in [6, 6.07) is 3.98. The van der Waals surface area contributed by atoms with E-state index in [-0.39, 0.29) is 0 Å². The van der Waals surface area contributed by atoms with E-state index in [1.54, 1.807) is 6.20 Å². The Hall–Kier alpha value is -2.08. The van der Waals surface area contributed by atoms with Crippen molar-refractivity contribution in [2.75, 3.05) is 36.5 Å². The Kier molecular flexibility index (Phi) is 4.81. The summed E-state index contributed by atoms with van der Waals surface area (Å²) in [5, 5.41) is 8.25. The maximum Gasteiger partial charge on any atom is 0.132 e. The van der Waals surface area contributed by atoms with E-state index in [0.29, 0.717) is 5.92 Å². The minimum absolute atomic E-state index is 0.390. The normalized spacial score (nSPS) is 15.2. The van der Waals surface area contributed by atoms with Crippen LogP contribution in [0.25, 0.3) is 0 Å². The van der Waals surface area contributed by atoms with Gasteiger partial charge >= 0.3 is 0 Å². The highest BCUT2D eigenvalue weighted by molar-refractivity contribution is 5.54. The van der Waals surface area contributed by atoms with Gasteiger partial charge in [-0.3, -0.25) is 9.67 Å². The lowest BCUT2D eigenvalue weighted by atomic mass is 10.0. The molecule has 3 rings (SSSR count). The van der Waals surface area contributed by atoms with Crippen LogP contribution in [0.15, 0.2) is 24.5 Å². The summed E-state index contributed by atoms with van der Waals surface area (Å²) in [7, 11) is 2.03. The Bertz CT molecular complexity index is 632. The van der Waals surface area contributed by atoms with E-state index in [1.165, 1.54) is 11.4 Å². The highest BCUT2D eigenvalue weighted by Gasteiger charge is 2.24. The van der Waals surface area contributed by atoms with Gasteiger partial charge in [0.25, 0.3) is 0 Å². The number of ether oxygens (including phenoxy) is 1. The summed E-state index contributed by atoms with van der Waals surface area (Å²) in [5.74, 6) is 1.59. The lowest BCUT2D eigenvalue weighted by Crippen LogP contribution is -2.38. The molecule has 0 radical (unpaired) electrons. The van der Waals surface area contributed by atoms with Gasteiger partial charge in [-0.2, -0.15) is 5.10 Å².